The Bertz CT molecular complexity index is 703. The van der Waals surface area contributed by atoms with Crippen molar-refractivity contribution in [1.29, 1.82) is 0 Å². The second-order valence-corrected chi connectivity index (χ2v) is 7.03. The smallest absolute Gasteiger partial charge is 0.229 e. The van der Waals surface area contributed by atoms with Crippen LogP contribution in [0.3, 0.4) is 0 Å². The van der Waals surface area contributed by atoms with Gasteiger partial charge >= 0.3 is 0 Å². The standard InChI is InChI=1S/C19H24N4O/c24-18(16-14-19(16)8-11-20-12-9-19)22-17-6-10-21-23(17)13-7-15-4-2-1-3-5-15/h1-6,10,16,20H,7-9,11-14H2,(H,22,24). The first kappa shape index (κ1) is 15.4. The molecule has 5 heteroatoms. The lowest BCUT2D eigenvalue weighted by molar-refractivity contribution is -0.118. The Hall–Kier alpha value is -2.14. The normalized spacial score (nSPS) is 21.6. The molecule has 0 radical (unpaired) electrons. The van der Waals surface area contributed by atoms with Crippen LogP contribution in [0.2, 0.25) is 0 Å². The van der Waals surface area contributed by atoms with Crippen LogP contribution in [0.1, 0.15) is 24.8 Å². The van der Waals surface area contributed by atoms with E-state index >= 15 is 0 Å². The number of hydrogen-bond donors (Lipinski definition) is 2. The molecular formula is C19H24N4O. The minimum Gasteiger partial charge on any atom is -0.317 e. The van der Waals surface area contributed by atoms with Crippen LogP contribution in [0.5, 0.6) is 0 Å². The second-order valence-electron chi connectivity index (χ2n) is 7.03. The zero-order chi connectivity index (χ0) is 16.4. The quantitative estimate of drug-likeness (QED) is 0.888. The van der Waals surface area contributed by atoms with Gasteiger partial charge < -0.3 is 10.6 Å². The number of nitrogens with one attached hydrogen (secondary N) is 2. The van der Waals surface area contributed by atoms with Gasteiger partial charge in [0.05, 0.1) is 6.20 Å². The summed E-state index contributed by atoms with van der Waals surface area (Å²) in [6, 6.07) is 12.2. The number of carbonyl (C=O) groups excluding carboxylic acids is 1. The monoisotopic (exact) mass is 324 g/mol. The summed E-state index contributed by atoms with van der Waals surface area (Å²) < 4.78 is 1.89. The summed E-state index contributed by atoms with van der Waals surface area (Å²) >= 11 is 0. The van der Waals surface area contributed by atoms with E-state index < -0.39 is 0 Å². The molecule has 1 atom stereocenters. The molecule has 4 rings (SSSR count). The maximum atomic E-state index is 12.6. The highest BCUT2D eigenvalue weighted by Gasteiger charge is 2.57. The molecule has 1 saturated carbocycles. The molecule has 1 aliphatic carbocycles. The van der Waals surface area contributed by atoms with E-state index in [9.17, 15) is 4.79 Å². The number of piperidine rings is 1. The lowest BCUT2D eigenvalue weighted by Crippen LogP contribution is -2.31. The summed E-state index contributed by atoms with van der Waals surface area (Å²) in [6.07, 6.45) is 5.95. The molecular weight excluding hydrogens is 300 g/mol. The average molecular weight is 324 g/mol. The third-order valence-electron chi connectivity index (χ3n) is 5.53. The average Bonchev–Trinajstić information content (AvgIpc) is 3.12. The molecule has 1 aromatic heterocycles. The number of anilines is 1. The summed E-state index contributed by atoms with van der Waals surface area (Å²) in [7, 11) is 0. The molecule has 2 heterocycles. The minimum atomic E-state index is 0.165. The van der Waals surface area contributed by atoms with E-state index in [2.05, 4.69) is 27.9 Å². The topological polar surface area (TPSA) is 59.0 Å². The van der Waals surface area contributed by atoms with Gasteiger partial charge in [0.25, 0.3) is 0 Å². The molecule has 1 amide bonds. The zero-order valence-electron chi connectivity index (χ0n) is 13.9. The predicted octanol–water partition coefficient (Wildman–Crippen LogP) is 2.45. The molecule has 2 aromatic rings. The lowest BCUT2D eigenvalue weighted by atomic mass is 9.92. The molecule has 1 aromatic carbocycles. The first-order chi connectivity index (χ1) is 11.8. The number of nitrogens with zero attached hydrogens (tertiary/aromatic N) is 2. The Balaban J connectivity index is 1.36. The fraction of sp³-hybridized carbons (Fsp3) is 0.474. The van der Waals surface area contributed by atoms with Crippen molar-refractivity contribution in [3.05, 3.63) is 48.2 Å². The third-order valence-corrected chi connectivity index (χ3v) is 5.53. The van der Waals surface area contributed by atoms with Crippen LogP contribution in [0.4, 0.5) is 5.82 Å². The van der Waals surface area contributed by atoms with Crippen molar-refractivity contribution in [2.45, 2.75) is 32.2 Å². The van der Waals surface area contributed by atoms with Crippen LogP contribution in [0.25, 0.3) is 0 Å². The van der Waals surface area contributed by atoms with Crippen molar-refractivity contribution in [2.75, 3.05) is 18.4 Å². The molecule has 1 unspecified atom stereocenters. The highest BCUT2D eigenvalue weighted by Crippen LogP contribution is 2.58. The second kappa shape index (κ2) is 6.40. The van der Waals surface area contributed by atoms with Crippen LogP contribution >= 0.6 is 0 Å². The zero-order valence-corrected chi connectivity index (χ0v) is 13.9. The van der Waals surface area contributed by atoms with Crippen molar-refractivity contribution in [3.63, 3.8) is 0 Å². The van der Waals surface area contributed by atoms with Gasteiger partial charge in [0, 0.05) is 18.5 Å². The van der Waals surface area contributed by atoms with Crippen LogP contribution in [-0.4, -0.2) is 28.8 Å². The van der Waals surface area contributed by atoms with E-state index in [1.54, 1.807) is 6.20 Å². The molecule has 2 N–H and O–H groups in total. The Kier molecular flexibility index (Phi) is 4.10. The van der Waals surface area contributed by atoms with E-state index in [1.165, 1.54) is 5.56 Å². The van der Waals surface area contributed by atoms with Crippen LogP contribution in [-0.2, 0) is 17.8 Å². The summed E-state index contributed by atoms with van der Waals surface area (Å²) in [5.74, 6) is 1.15. The number of rotatable bonds is 5. The molecule has 2 fully saturated rings. The minimum absolute atomic E-state index is 0.165. The molecule has 0 bridgehead atoms. The predicted molar refractivity (Wildman–Crippen MR) is 93.6 cm³/mol. The largest absolute Gasteiger partial charge is 0.317 e. The third kappa shape index (κ3) is 3.08. The number of aryl methyl sites for hydroxylation is 2. The van der Waals surface area contributed by atoms with Crippen molar-refractivity contribution >= 4 is 11.7 Å². The molecule has 1 spiro atoms. The van der Waals surface area contributed by atoms with Gasteiger partial charge in [-0.15, -0.1) is 0 Å². The van der Waals surface area contributed by atoms with E-state index in [4.69, 9.17) is 0 Å². The van der Waals surface area contributed by atoms with Crippen LogP contribution < -0.4 is 10.6 Å². The van der Waals surface area contributed by atoms with Crippen LogP contribution in [0.15, 0.2) is 42.6 Å². The molecule has 126 valence electrons. The summed E-state index contributed by atoms with van der Waals surface area (Å²) in [5.41, 5.74) is 1.55. The Morgan fingerprint density at radius 2 is 2.04 bits per heavy atom. The fourth-order valence-corrected chi connectivity index (χ4v) is 3.91. The first-order valence-corrected chi connectivity index (χ1v) is 8.84. The Morgan fingerprint density at radius 1 is 1.25 bits per heavy atom. The van der Waals surface area contributed by atoms with Gasteiger partial charge in [-0.25, -0.2) is 4.68 Å². The Morgan fingerprint density at radius 3 is 2.83 bits per heavy atom. The van der Waals surface area contributed by atoms with E-state index in [0.29, 0.717) is 0 Å². The number of benzene rings is 1. The first-order valence-electron chi connectivity index (χ1n) is 8.84. The van der Waals surface area contributed by atoms with Crippen molar-refractivity contribution in [1.82, 2.24) is 15.1 Å². The van der Waals surface area contributed by atoms with Crippen molar-refractivity contribution in [3.8, 4) is 0 Å². The van der Waals surface area contributed by atoms with E-state index in [-0.39, 0.29) is 17.2 Å². The van der Waals surface area contributed by atoms with Gasteiger partial charge in [0.15, 0.2) is 0 Å². The van der Waals surface area contributed by atoms with Gasteiger partial charge in [-0.05, 0) is 49.8 Å². The molecule has 1 aliphatic heterocycles. The summed E-state index contributed by atoms with van der Waals surface area (Å²) in [6.45, 7) is 2.85. The van der Waals surface area contributed by atoms with Crippen molar-refractivity contribution in [2.24, 2.45) is 11.3 Å². The van der Waals surface area contributed by atoms with Crippen molar-refractivity contribution < 1.29 is 4.79 Å². The number of amides is 1. The van der Waals surface area contributed by atoms with Crippen LogP contribution in [0, 0.1) is 11.3 Å². The maximum absolute atomic E-state index is 12.6. The molecule has 5 nitrogen and oxygen atoms in total. The van der Waals surface area contributed by atoms with Gasteiger partial charge in [-0.3, -0.25) is 4.79 Å². The highest BCUT2D eigenvalue weighted by molar-refractivity contribution is 5.94. The number of aromatic nitrogens is 2. The lowest BCUT2D eigenvalue weighted by Gasteiger charge is -2.23. The summed E-state index contributed by atoms with van der Waals surface area (Å²) in [5, 5.41) is 10.8. The molecule has 24 heavy (non-hydrogen) atoms. The molecule has 1 saturated heterocycles. The highest BCUT2D eigenvalue weighted by atomic mass is 16.2. The SMILES string of the molecule is O=C(Nc1ccnn1CCc1ccccc1)C1CC12CCNCC2. The van der Waals surface area contributed by atoms with Gasteiger partial charge in [0.2, 0.25) is 5.91 Å². The fourth-order valence-electron chi connectivity index (χ4n) is 3.91. The van der Waals surface area contributed by atoms with E-state index in [1.807, 2.05) is 28.9 Å². The summed E-state index contributed by atoms with van der Waals surface area (Å²) in [4.78, 5) is 12.6. The van der Waals surface area contributed by atoms with Gasteiger partial charge in [-0.2, -0.15) is 5.10 Å². The number of hydrogen-bond acceptors (Lipinski definition) is 3. The van der Waals surface area contributed by atoms with Gasteiger partial charge in [-0.1, -0.05) is 30.3 Å². The van der Waals surface area contributed by atoms with E-state index in [0.717, 1.165) is 51.1 Å². The Labute approximate surface area is 142 Å². The molecule has 2 aliphatic rings. The van der Waals surface area contributed by atoms with Gasteiger partial charge in [0.1, 0.15) is 5.82 Å². The number of carbonyl (C=O) groups is 1. The maximum Gasteiger partial charge on any atom is 0.229 e.